The summed E-state index contributed by atoms with van der Waals surface area (Å²) in [6, 6.07) is 7.99. The van der Waals surface area contributed by atoms with Gasteiger partial charge >= 0.3 is 6.18 Å². The van der Waals surface area contributed by atoms with Crippen molar-refractivity contribution >= 4 is 10.9 Å². The molecular weight excluding hydrogens is 305 g/mol. The Hall–Kier alpha value is -1.53. The van der Waals surface area contributed by atoms with Crippen LogP contribution < -0.4 is 5.32 Å². The molecule has 1 fully saturated rings. The van der Waals surface area contributed by atoms with Gasteiger partial charge in [-0.25, -0.2) is 0 Å². The molecule has 0 radical (unpaired) electrons. The van der Waals surface area contributed by atoms with Crippen molar-refractivity contribution in [3.05, 3.63) is 36.0 Å². The normalized spacial score (nSPS) is 18.4. The van der Waals surface area contributed by atoms with Crippen LogP contribution in [-0.4, -0.2) is 30.0 Å². The minimum atomic E-state index is -4.21. The molecule has 1 saturated heterocycles. The minimum absolute atomic E-state index is 0.161. The van der Waals surface area contributed by atoms with Gasteiger partial charge in [0.2, 0.25) is 0 Å². The predicted molar refractivity (Wildman–Crippen MR) is 83.4 cm³/mol. The Bertz CT molecular complexity index is 659. The van der Waals surface area contributed by atoms with Crippen molar-refractivity contribution in [3.8, 4) is 0 Å². The predicted octanol–water partition coefficient (Wildman–Crippen LogP) is 4.03. The molecule has 1 aromatic heterocycles. The number of hydrogen-bond donors (Lipinski definition) is 1. The second-order valence-corrected chi connectivity index (χ2v) is 6.15. The van der Waals surface area contributed by atoms with Crippen molar-refractivity contribution in [1.82, 2.24) is 9.88 Å². The first kappa shape index (κ1) is 16.3. The summed E-state index contributed by atoms with van der Waals surface area (Å²) in [6.45, 7) is 2.70. The molecule has 2 heterocycles. The van der Waals surface area contributed by atoms with Crippen LogP contribution in [0.25, 0.3) is 10.9 Å². The summed E-state index contributed by atoms with van der Waals surface area (Å²) in [6.07, 6.45) is -0.718. The van der Waals surface area contributed by atoms with E-state index in [1.54, 1.807) is 12.1 Å². The summed E-state index contributed by atoms with van der Waals surface area (Å²) >= 11 is 0. The molecule has 1 N–H and O–H groups in total. The summed E-state index contributed by atoms with van der Waals surface area (Å²) in [4.78, 5) is 0. The molecule has 1 aliphatic heterocycles. The third-order valence-corrected chi connectivity index (χ3v) is 4.35. The lowest BCUT2D eigenvalue weighted by Crippen LogP contribution is -2.36. The number of fused-ring (bicyclic) bond motifs is 1. The van der Waals surface area contributed by atoms with Gasteiger partial charge in [-0.3, -0.25) is 0 Å². The average Bonchev–Trinajstić information content (AvgIpc) is 2.89. The summed E-state index contributed by atoms with van der Waals surface area (Å²) in [7, 11) is 0. The van der Waals surface area contributed by atoms with Crippen LogP contribution in [0.15, 0.2) is 30.5 Å². The van der Waals surface area contributed by atoms with Crippen molar-refractivity contribution in [2.45, 2.75) is 44.6 Å². The van der Waals surface area contributed by atoms with E-state index in [4.69, 9.17) is 4.74 Å². The molecule has 0 amide bonds. The molecule has 3 nitrogen and oxygen atoms in total. The number of nitrogens with zero attached hydrogens (tertiary/aromatic N) is 1. The quantitative estimate of drug-likeness (QED) is 0.918. The number of rotatable bonds is 4. The van der Waals surface area contributed by atoms with Gasteiger partial charge in [0.15, 0.2) is 0 Å². The third kappa shape index (κ3) is 4.06. The SMILES string of the molecule is CC(NC1CCOCC1)c1ccc2c(ccn2CC(F)(F)F)c1. The number of nitrogens with one attached hydrogen (secondary N) is 1. The van der Waals surface area contributed by atoms with Crippen LogP contribution in [0.3, 0.4) is 0 Å². The zero-order chi connectivity index (χ0) is 16.4. The first-order valence-corrected chi connectivity index (χ1v) is 7.92. The maximum absolute atomic E-state index is 12.6. The topological polar surface area (TPSA) is 26.2 Å². The molecule has 2 aromatic rings. The standard InChI is InChI=1S/C17H21F3N2O/c1-12(21-15-5-8-23-9-6-15)13-2-3-16-14(10-13)4-7-22(16)11-17(18,19)20/h2-4,7,10,12,15,21H,5-6,8-9,11H2,1H3. The molecule has 1 aromatic carbocycles. The molecule has 3 rings (SSSR count). The van der Waals surface area contributed by atoms with Gasteiger partial charge in [0.05, 0.1) is 0 Å². The molecule has 0 spiro atoms. The number of ether oxygens (including phenoxy) is 1. The largest absolute Gasteiger partial charge is 0.406 e. The first-order chi connectivity index (χ1) is 10.9. The molecule has 23 heavy (non-hydrogen) atoms. The van der Waals surface area contributed by atoms with Gasteiger partial charge in [-0.1, -0.05) is 6.07 Å². The molecule has 0 saturated carbocycles. The van der Waals surface area contributed by atoms with Crippen molar-refractivity contribution in [3.63, 3.8) is 0 Å². The second kappa shape index (κ2) is 6.53. The van der Waals surface area contributed by atoms with Gasteiger partial charge < -0.3 is 14.6 Å². The van der Waals surface area contributed by atoms with Crippen molar-refractivity contribution in [2.24, 2.45) is 0 Å². The zero-order valence-corrected chi connectivity index (χ0v) is 13.1. The number of benzene rings is 1. The van der Waals surface area contributed by atoms with E-state index in [-0.39, 0.29) is 6.04 Å². The molecule has 6 heteroatoms. The van der Waals surface area contributed by atoms with Gasteiger partial charge in [-0.2, -0.15) is 13.2 Å². The van der Waals surface area contributed by atoms with E-state index in [1.807, 2.05) is 12.1 Å². The van der Waals surface area contributed by atoms with E-state index >= 15 is 0 Å². The Morgan fingerprint density at radius 2 is 2.00 bits per heavy atom. The molecule has 126 valence electrons. The Labute approximate surface area is 133 Å². The van der Waals surface area contributed by atoms with Gasteiger partial charge in [0, 0.05) is 37.0 Å². The molecule has 1 unspecified atom stereocenters. The molecule has 1 atom stereocenters. The van der Waals surface area contributed by atoms with Crippen LogP contribution in [0.1, 0.15) is 31.4 Å². The maximum atomic E-state index is 12.6. The van der Waals surface area contributed by atoms with Crippen LogP contribution in [0, 0.1) is 0 Å². The monoisotopic (exact) mass is 326 g/mol. The highest BCUT2D eigenvalue weighted by Crippen LogP contribution is 2.26. The highest BCUT2D eigenvalue weighted by molar-refractivity contribution is 5.81. The number of hydrogen-bond acceptors (Lipinski definition) is 2. The van der Waals surface area contributed by atoms with Crippen LogP contribution in [0.5, 0.6) is 0 Å². The Morgan fingerprint density at radius 1 is 1.26 bits per heavy atom. The Morgan fingerprint density at radius 3 is 2.70 bits per heavy atom. The number of alkyl halides is 3. The highest BCUT2D eigenvalue weighted by Gasteiger charge is 2.28. The van der Waals surface area contributed by atoms with Gasteiger partial charge in [0.25, 0.3) is 0 Å². The van der Waals surface area contributed by atoms with Gasteiger partial charge in [0.1, 0.15) is 6.54 Å². The molecule has 1 aliphatic rings. The number of aromatic nitrogens is 1. The van der Waals surface area contributed by atoms with Crippen LogP contribution in [0.2, 0.25) is 0 Å². The van der Waals surface area contributed by atoms with Crippen LogP contribution >= 0.6 is 0 Å². The Kier molecular flexibility index (Phi) is 4.64. The van der Waals surface area contributed by atoms with E-state index in [2.05, 4.69) is 12.2 Å². The first-order valence-electron chi connectivity index (χ1n) is 7.92. The van der Waals surface area contributed by atoms with E-state index in [9.17, 15) is 13.2 Å². The fourth-order valence-electron chi connectivity index (χ4n) is 3.13. The maximum Gasteiger partial charge on any atom is 0.406 e. The van der Waals surface area contributed by atoms with Crippen LogP contribution in [-0.2, 0) is 11.3 Å². The van der Waals surface area contributed by atoms with E-state index in [0.717, 1.165) is 37.0 Å². The summed E-state index contributed by atoms with van der Waals surface area (Å²) in [5.41, 5.74) is 1.71. The lowest BCUT2D eigenvalue weighted by Gasteiger charge is -2.27. The fourth-order valence-corrected chi connectivity index (χ4v) is 3.13. The van der Waals surface area contributed by atoms with Crippen LogP contribution in [0.4, 0.5) is 13.2 Å². The van der Waals surface area contributed by atoms with Crippen molar-refractivity contribution in [2.75, 3.05) is 13.2 Å². The lowest BCUT2D eigenvalue weighted by molar-refractivity contribution is -0.139. The van der Waals surface area contributed by atoms with E-state index in [1.165, 1.54) is 10.8 Å². The van der Waals surface area contributed by atoms with Gasteiger partial charge in [-0.15, -0.1) is 0 Å². The summed E-state index contributed by atoms with van der Waals surface area (Å²) in [5.74, 6) is 0. The molecular formula is C17H21F3N2O. The fraction of sp³-hybridized carbons (Fsp3) is 0.529. The van der Waals surface area contributed by atoms with Gasteiger partial charge in [-0.05, 0) is 48.9 Å². The smallest absolute Gasteiger partial charge is 0.381 e. The summed E-state index contributed by atoms with van der Waals surface area (Å²) < 4.78 is 44.3. The lowest BCUT2D eigenvalue weighted by atomic mass is 10.0. The Balaban J connectivity index is 1.74. The van der Waals surface area contributed by atoms with Crippen molar-refractivity contribution in [1.29, 1.82) is 0 Å². The minimum Gasteiger partial charge on any atom is -0.381 e. The molecule has 0 bridgehead atoms. The van der Waals surface area contributed by atoms with E-state index < -0.39 is 12.7 Å². The van der Waals surface area contributed by atoms with Crippen molar-refractivity contribution < 1.29 is 17.9 Å². The second-order valence-electron chi connectivity index (χ2n) is 6.15. The summed E-state index contributed by atoms with van der Waals surface area (Å²) in [5, 5.41) is 4.42. The number of halogens is 3. The third-order valence-electron chi connectivity index (χ3n) is 4.35. The van der Waals surface area contributed by atoms with E-state index in [0.29, 0.717) is 11.6 Å². The highest BCUT2D eigenvalue weighted by atomic mass is 19.4. The zero-order valence-electron chi connectivity index (χ0n) is 13.1. The molecule has 0 aliphatic carbocycles. The average molecular weight is 326 g/mol.